The average molecular weight is 350 g/mol. The third kappa shape index (κ3) is 8.93. The fourth-order valence-corrected chi connectivity index (χ4v) is 2.34. The molecule has 0 bridgehead atoms. The van der Waals surface area contributed by atoms with Crippen molar-refractivity contribution in [2.75, 3.05) is 59.5 Å². The number of benzene rings is 1. The van der Waals surface area contributed by atoms with Crippen LogP contribution < -0.4 is 5.32 Å². The normalized spacial score (nSPS) is 15.2. The van der Waals surface area contributed by atoms with Crippen molar-refractivity contribution >= 4 is 24.8 Å². The van der Waals surface area contributed by atoms with E-state index in [-0.39, 0.29) is 24.8 Å². The quantitative estimate of drug-likeness (QED) is 0.725. The second kappa shape index (κ2) is 13.1. The first-order valence-electron chi connectivity index (χ1n) is 7.58. The molecule has 1 aliphatic rings. The van der Waals surface area contributed by atoms with E-state index in [0.717, 1.165) is 39.3 Å². The van der Waals surface area contributed by atoms with Crippen molar-refractivity contribution in [2.24, 2.45) is 0 Å². The highest BCUT2D eigenvalue weighted by Gasteiger charge is 2.09. The van der Waals surface area contributed by atoms with Gasteiger partial charge >= 0.3 is 0 Å². The van der Waals surface area contributed by atoms with Gasteiger partial charge in [0, 0.05) is 45.8 Å². The maximum Gasteiger partial charge on any atom is 0.0717 e. The van der Waals surface area contributed by atoms with Crippen LogP contribution in [0.4, 0.5) is 0 Å². The highest BCUT2D eigenvalue weighted by atomic mass is 35.5. The Morgan fingerprint density at radius 2 is 1.77 bits per heavy atom. The van der Waals surface area contributed by atoms with Gasteiger partial charge in [0.25, 0.3) is 0 Å². The molecule has 22 heavy (non-hydrogen) atoms. The lowest BCUT2D eigenvalue weighted by atomic mass is 10.2. The molecular weight excluding hydrogens is 321 g/mol. The SMILES string of the molecule is CN(CCOCc1ccccc1)CCN1CCNCC1.Cl.Cl. The van der Waals surface area contributed by atoms with Crippen molar-refractivity contribution in [1.82, 2.24) is 15.1 Å². The Morgan fingerprint density at radius 3 is 2.45 bits per heavy atom. The first kappa shape index (κ1) is 21.6. The smallest absolute Gasteiger partial charge is 0.0717 e. The van der Waals surface area contributed by atoms with Crippen LogP contribution >= 0.6 is 24.8 Å². The molecule has 0 saturated carbocycles. The molecule has 1 aromatic rings. The summed E-state index contributed by atoms with van der Waals surface area (Å²) in [4.78, 5) is 4.88. The summed E-state index contributed by atoms with van der Waals surface area (Å²) in [6.07, 6.45) is 0. The van der Waals surface area contributed by atoms with E-state index in [9.17, 15) is 0 Å². The Hall–Kier alpha value is -0.360. The topological polar surface area (TPSA) is 27.7 Å². The zero-order valence-electron chi connectivity index (χ0n) is 13.4. The molecule has 2 rings (SSSR count). The maximum absolute atomic E-state index is 5.72. The van der Waals surface area contributed by atoms with Crippen LogP contribution in [0.1, 0.15) is 5.56 Å². The fourth-order valence-electron chi connectivity index (χ4n) is 2.34. The van der Waals surface area contributed by atoms with E-state index in [1.165, 1.54) is 18.7 Å². The summed E-state index contributed by atoms with van der Waals surface area (Å²) < 4.78 is 5.72. The number of nitrogens with one attached hydrogen (secondary N) is 1. The van der Waals surface area contributed by atoms with Crippen LogP contribution in [0.15, 0.2) is 30.3 Å². The molecule has 0 spiro atoms. The number of rotatable bonds is 8. The standard InChI is InChI=1S/C16H27N3O.2ClH/c1-18(11-12-19-9-7-17-8-10-19)13-14-20-15-16-5-3-2-4-6-16;;/h2-6,17H,7-15H2,1H3;2*1H. The molecule has 1 heterocycles. The number of piperazine rings is 1. The van der Waals surface area contributed by atoms with Crippen molar-refractivity contribution < 1.29 is 4.74 Å². The number of nitrogens with zero attached hydrogens (tertiary/aromatic N) is 2. The molecule has 0 aliphatic carbocycles. The van der Waals surface area contributed by atoms with Crippen LogP contribution in [0.5, 0.6) is 0 Å². The van der Waals surface area contributed by atoms with E-state index in [2.05, 4.69) is 46.4 Å². The van der Waals surface area contributed by atoms with Gasteiger partial charge in [0.2, 0.25) is 0 Å². The summed E-state index contributed by atoms with van der Waals surface area (Å²) in [6.45, 7) is 9.41. The van der Waals surface area contributed by atoms with E-state index in [4.69, 9.17) is 4.74 Å². The molecule has 0 radical (unpaired) electrons. The van der Waals surface area contributed by atoms with Gasteiger partial charge in [0.15, 0.2) is 0 Å². The van der Waals surface area contributed by atoms with E-state index in [1.807, 2.05) is 6.07 Å². The minimum Gasteiger partial charge on any atom is -0.375 e. The molecule has 4 nitrogen and oxygen atoms in total. The lowest BCUT2D eigenvalue weighted by Gasteiger charge is -2.29. The van der Waals surface area contributed by atoms with E-state index >= 15 is 0 Å². The van der Waals surface area contributed by atoms with Crippen molar-refractivity contribution in [3.63, 3.8) is 0 Å². The molecule has 1 fully saturated rings. The zero-order chi connectivity index (χ0) is 14.0. The van der Waals surface area contributed by atoms with Gasteiger partial charge in [-0.1, -0.05) is 30.3 Å². The van der Waals surface area contributed by atoms with Gasteiger partial charge < -0.3 is 15.0 Å². The average Bonchev–Trinajstić information content (AvgIpc) is 2.52. The molecule has 6 heteroatoms. The highest BCUT2D eigenvalue weighted by molar-refractivity contribution is 5.85. The Balaban J connectivity index is 0.00000220. The lowest BCUT2D eigenvalue weighted by Crippen LogP contribution is -2.46. The summed E-state index contributed by atoms with van der Waals surface area (Å²) in [7, 11) is 2.17. The predicted octanol–water partition coefficient (Wildman–Crippen LogP) is 1.88. The predicted molar refractivity (Wildman–Crippen MR) is 97.4 cm³/mol. The summed E-state index contributed by atoms with van der Waals surface area (Å²) in [5.74, 6) is 0. The van der Waals surface area contributed by atoms with E-state index in [1.54, 1.807) is 0 Å². The molecule has 0 unspecified atom stereocenters. The van der Waals surface area contributed by atoms with Crippen LogP contribution in [0.2, 0.25) is 0 Å². The molecular formula is C16H29Cl2N3O. The van der Waals surface area contributed by atoms with Crippen LogP contribution in [-0.4, -0.2) is 69.3 Å². The van der Waals surface area contributed by atoms with E-state index < -0.39 is 0 Å². The van der Waals surface area contributed by atoms with Crippen LogP contribution in [0.3, 0.4) is 0 Å². The van der Waals surface area contributed by atoms with Gasteiger partial charge in [-0.2, -0.15) is 0 Å². The Bertz CT molecular complexity index is 362. The van der Waals surface area contributed by atoms with Crippen molar-refractivity contribution in [2.45, 2.75) is 6.61 Å². The minimum atomic E-state index is 0. The molecule has 1 aliphatic heterocycles. The first-order valence-corrected chi connectivity index (χ1v) is 7.58. The summed E-state index contributed by atoms with van der Waals surface area (Å²) >= 11 is 0. The second-order valence-corrected chi connectivity index (χ2v) is 5.43. The van der Waals surface area contributed by atoms with Gasteiger partial charge in [0.05, 0.1) is 13.2 Å². The van der Waals surface area contributed by atoms with Crippen LogP contribution in [0, 0.1) is 0 Å². The molecule has 0 atom stereocenters. The number of hydrogen-bond donors (Lipinski definition) is 1. The largest absolute Gasteiger partial charge is 0.375 e. The Kier molecular flexibility index (Phi) is 12.9. The van der Waals surface area contributed by atoms with Gasteiger partial charge in [0.1, 0.15) is 0 Å². The fraction of sp³-hybridized carbons (Fsp3) is 0.625. The van der Waals surface area contributed by atoms with Gasteiger partial charge in [-0.05, 0) is 12.6 Å². The van der Waals surface area contributed by atoms with Gasteiger partial charge in [-0.15, -0.1) is 24.8 Å². The number of likely N-dealkylation sites (N-methyl/N-ethyl adjacent to an activating group) is 1. The number of ether oxygens (including phenoxy) is 1. The first-order chi connectivity index (χ1) is 9.84. The van der Waals surface area contributed by atoms with Crippen LogP contribution in [-0.2, 0) is 11.3 Å². The lowest BCUT2D eigenvalue weighted by molar-refractivity contribution is 0.0954. The van der Waals surface area contributed by atoms with Crippen molar-refractivity contribution in [3.05, 3.63) is 35.9 Å². The summed E-state index contributed by atoms with van der Waals surface area (Å²) in [6, 6.07) is 10.4. The Morgan fingerprint density at radius 1 is 1.09 bits per heavy atom. The highest BCUT2D eigenvalue weighted by Crippen LogP contribution is 2.00. The monoisotopic (exact) mass is 349 g/mol. The molecule has 1 aromatic carbocycles. The molecule has 128 valence electrons. The molecule has 0 aromatic heterocycles. The van der Waals surface area contributed by atoms with E-state index in [0.29, 0.717) is 6.61 Å². The van der Waals surface area contributed by atoms with Crippen LogP contribution in [0.25, 0.3) is 0 Å². The van der Waals surface area contributed by atoms with Gasteiger partial charge in [-0.3, -0.25) is 4.90 Å². The Labute approximate surface area is 147 Å². The molecule has 0 amide bonds. The van der Waals surface area contributed by atoms with Crippen molar-refractivity contribution in [1.29, 1.82) is 0 Å². The number of hydrogen-bond acceptors (Lipinski definition) is 4. The minimum absolute atomic E-state index is 0. The summed E-state index contributed by atoms with van der Waals surface area (Å²) in [5, 5.41) is 3.38. The second-order valence-electron chi connectivity index (χ2n) is 5.43. The van der Waals surface area contributed by atoms with Crippen molar-refractivity contribution in [3.8, 4) is 0 Å². The third-order valence-corrected chi connectivity index (χ3v) is 3.74. The maximum atomic E-state index is 5.72. The van der Waals surface area contributed by atoms with Gasteiger partial charge in [-0.25, -0.2) is 0 Å². The molecule has 1 N–H and O–H groups in total. The number of halogens is 2. The molecule has 1 saturated heterocycles. The zero-order valence-corrected chi connectivity index (χ0v) is 15.0. The third-order valence-electron chi connectivity index (χ3n) is 3.74. The summed E-state index contributed by atoms with van der Waals surface area (Å²) in [5.41, 5.74) is 1.25.